The molecule has 1 aliphatic heterocycles. The van der Waals surface area contributed by atoms with Gasteiger partial charge in [-0.25, -0.2) is 12.7 Å². The number of rotatable bonds is 1. The number of nitrogens with zero attached hydrogens (tertiary/aromatic N) is 1. The Morgan fingerprint density at radius 1 is 1.00 bits per heavy atom. The van der Waals surface area contributed by atoms with Gasteiger partial charge in [0, 0.05) is 5.56 Å². The van der Waals surface area contributed by atoms with Gasteiger partial charge in [-0.15, -0.1) is 0 Å². The Labute approximate surface area is 111 Å². The standard InChI is InChI=1S/C14H12N2O2S/c1-10-6-8-11(9-7-10)16-14(15)12-4-2-3-5-13(12)19(16,17)18/h2-9,15H,1H3. The van der Waals surface area contributed by atoms with Gasteiger partial charge < -0.3 is 0 Å². The molecule has 0 unspecified atom stereocenters. The van der Waals surface area contributed by atoms with E-state index in [2.05, 4.69) is 0 Å². The average molecular weight is 272 g/mol. The fourth-order valence-corrected chi connectivity index (χ4v) is 3.79. The molecule has 0 amide bonds. The highest BCUT2D eigenvalue weighted by Gasteiger charge is 2.39. The van der Waals surface area contributed by atoms with Crippen molar-refractivity contribution in [3.05, 3.63) is 59.7 Å². The fourth-order valence-electron chi connectivity index (χ4n) is 2.16. The van der Waals surface area contributed by atoms with Gasteiger partial charge in [-0.05, 0) is 31.2 Å². The molecule has 2 aromatic carbocycles. The average Bonchev–Trinajstić information content (AvgIpc) is 2.60. The summed E-state index contributed by atoms with van der Waals surface area (Å²) in [5.41, 5.74) is 1.99. The molecule has 0 aromatic heterocycles. The third kappa shape index (κ3) is 1.66. The first-order valence-electron chi connectivity index (χ1n) is 5.82. The van der Waals surface area contributed by atoms with Crippen LogP contribution in [0, 0.1) is 12.3 Å². The predicted molar refractivity (Wildman–Crippen MR) is 74.1 cm³/mol. The molecule has 0 radical (unpaired) electrons. The van der Waals surface area contributed by atoms with Crippen LogP contribution >= 0.6 is 0 Å². The normalized spacial score (nSPS) is 16.5. The van der Waals surface area contributed by atoms with Crippen molar-refractivity contribution in [2.75, 3.05) is 4.31 Å². The fraction of sp³-hybridized carbons (Fsp3) is 0.0714. The Hall–Kier alpha value is -2.14. The molecule has 96 valence electrons. The lowest BCUT2D eigenvalue weighted by molar-refractivity contribution is 0.599. The smallest absolute Gasteiger partial charge is 0.270 e. The SMILES string of the molecule is Cc1ccc(N2C(=N)c3ccccc3S2(=O)=O)cc1. The monoisotopic (exact) mass is 272 g/mol. The number of nitrogens with one attached hydrogen (secondary N) is 1. The van der Waals surface area contributed by atoms with E-state index in [4.69, 9.17) is 5.41 Å². The number of hydrogen-bond donors (Lipinski definition) is 1. The first-order valence-corrected chi connectivity index (χ1v) is 7.26. The number of anilines is 1. The third-order valence-corrected chi connectivity index (χ3v) is 4.92. The minimum Gasteiger partial charge on any atom is -0.283 e. The molecule has 3 rings (SSSR count). The highest BCUT2D eigenvalue weighted by molar-refractivity contribution is 7.94. The van der Waals surface area contributed by atoms with Crippen molar-refractivity contribution in [2.24, 2.45) is 0 Å². The molecular weight excluding hydrogens is 260 g/mol. The summed E-state index contributed by atoms with van der Waals surface area (Å²) in [5.74, 6) is -0.000506. The van der Waals surface area contributed by atoms with E-state index in [-0.39, 0.29) is 10.7 Å². The minimum atomic E-state index is -3.65. The molecular formula is C14H12N2O2S. The summed E-state index contributed by atoms with van der Waals surface area (Å²) in [6.07, 6.45) is 0. The Bertz CT molecular complexity index is 764. The summed E-state index contributed by atoms with van der Waals surface area (Å²) in [4.78, 5) is 0.195. The molecule has 4 nitrogen and oxygen atoms in total. The van der Waals surface area contributed by atoms with Gasteiger partial charge in [0.2, 0.25) is 0 Å². The van der Waals surface area contributed by atoms with Gasteiger partial charge in [0.15, 0.2) is 0 Å². The molecule has 2 aromatic rings. The molecule has 1 N–H and O–H groups in total. The zero-order valence-electron chi connectivity index (χ0n) is 10.3. The van der Waals surface area contributed by atoms with Crippen LogP contribution in [0.3, 0.4) is 0 Å². The Balaban J connectivity index is 2.21. The van der Waals surface area contributed by atoms with Gasteiger partial charge in [0.25, 0.3) is 10.0 Å². The molecule has 0 saturated heterocycles. The molecule has 0 spiro atoms. The molecule has 0 aliphatic carbocycles. The van der Waals surface area contributed by atoms with Crippen LogP contribution in [0.5, 0.6) is 0 Å². The molecule has 0 atom stereocenters. The second-order valence-electron chi connectivity index (χ2n) is 4.45. The van der Waals surface area contributed by atoms with Crippen molar-refractivity contribution >= 4 is 21.5 Å². The van der Waals surface area contributed by atoms with Crippen LogP contribution in [0.4, 0.5) is 5.69 Å². The second-order valence-corrected chi connectivity index (χ2v) is 6.20. The lowest BCUT2D eigenvalue weighted by Crippen LogP contribution is -2.29. The van der Waals surface area contributed by atoms with E-state index in [1.54, 1.807) is 30.3 Å². The molecule has 0 fully saturated rings. The van der Waals surface area contributed by atoms with Gasteiger partial charge in [-0.1, -0.05) is 29.8 Å². The summed E-state index contributed by atoms with van der Waals surface area (Å²) in [5, 5.41) is 8.08. The van der Waals surface area contributed by atoms with Crippen LogP contribution in [0.25, 0.3) is 0 Å². The summed E-state index contributed by atoms with van der Waals surface area (Å²) >= 11 is 0. The van der Waals surface area contributed by atoms with Crippen LogP contribution in [0.1, 0.15) is 11.1 Å². The first-order chi connectivity index (χ1) is 9.01. The van der Waals surface area contributed by atoms with Gasteiger partial charge in [-0.2, -0.15) is 0 Å². The van der Waals surface area contributed by atoms with Crippen molar-refractivity contribution in [1.29, 1.82) is 5.41 Å². The van der Waals surface area contributed by atoms with Crippen molar-refractivity contribution in [2.45, 2.75) is 11.8 Å². The quantitative estimate of drug-likeness (QED) is 0.867. The zero-order chi connectivity index (χ0) is 13.6. The van der Waals surface area contributed by atoms with Gasteiger partial charge in [0.05, 0.1) is 10.6 Å². The second kappa shape index (κ2) is 3.93. The van der Waals surface area contributed by atoms with Gasteiger partial charge >= 0.3 is 0 Å². The van der Waals surface area contributed by atoms with Crippen LogP contribution in [-0.2, 0) is 10.0 Å². The topological polar surface area (TPSA) is 61.2 Å². The van der Waals surface area contributed by atoms with E-state index in [1.165, 1.54) is 6.07 Å². The van der Waals surface area contributed by atoms with E-state index < -0.39 is 10.0 Å². The summed E-state index contributed by atoms with van der Waals surface area (Å²) in [6.45, 7) is 1.93. The Kier molecular flexibility index (Phi) is 2.46. The predicted octanol–water partition coefficient (Wildman–Crippen LogP) is 2.53. The molecule has 1 heterocycles. The number of benzene rings is 2. The first kappa shape index (κ1) is 11.9. The number of sulfonamides is 1. The maximum atomic E-state index is 12.5. The van der Waals surface area contributed by atoms with Crippen LogP contribution < -0.4 is 4.31 Å². The summed E-state index contributed by atoms with van der Waals surface area (Å²) < 4.78 is 26.0. The van der Waals surface area contributed by atoms with Crippen molar-refractivity contribution < 1.29 is 8.42 Å². The van der Waals surface area contributed by atoms with E-state index in [0.717, 1.165) is 9.87 Å². The van der Waals surface area contributed by atoms with Crippen molar-refractivity contribution in [3.63, 3.8) is 0 Å². The Morgan fingerprint density at radius 2 is 1.63 bits per heavy atom. The number of aryl methyl sites for hydroxylation is 1. The van der Waals surface area contributed by atoms with Crippen LogP contribution in [0.2, 0.25) is 0 Å². The maximum absolute atomic E-state index is 12.5. The third-order valence-electron chi connectivity index (χ3n) is 3.13. The van der Waals surface area contributed by atoms with E-state index >= 15 is 0 Å². The number of amidine groups is 1. The van der Waals surface area contributed by atoms with E-state index in [0.29, 0.717) is 11.3 Å². The lowest BCUT2D eigenvalue weighted by atomic mass is 10.2. The molecule has 0 bridgehead atoms. The minimum absolute atomic E-state index is 0.000506. The lowest BCUT2D eigenvalue weighted by Gasteiger charge is -2.17. The number of hydrogen-bond acceptors (Lipinski definition) is 3. The zero-order valence-corrected chi connectivity index (χ0v) is 11.1. The summed E-state index contributed by atoms with van der Waals surface area (Å²) in [7, 11) is -3.65. The van der Waals surface area contributed by atoms with Gasteiger partial charge in [0.1, 0.15) is 5.84 Å². The highest BCUT2D eigenvalue weighted by Crippen LogP contribution is 2.34. The Morgan fingerprint density at radius 3 is 2.26 bits per heavy atom. The van der Waals surface area contributed by atoms with E-state index in [9.17, 15) is 8.42 Å². The number of fused-ring (bicyclic) bond motifs is 1. The molecule has 0 saturated carbocycles. The largest absolute Gasteiger partial charge is 0.283 e. The molecule has 1 aliphatic rings. The van der Waals surface area contributed by atoms with Crippen molar-refractivity contribution in [1.82, 2.24) is 0 Å². The van der Waals surface area contributed by atoms with Crippen LogP contribution in [-0.4, -0.2) is 14.3 Å². The molecule has 19 heavy (non-hydrogen) atoms. The van der Waals surface area contributed by atoms with Gasteiger partial charge in [-0.3, -0.25) is 5.41 Å². The highest BCUT2D eigenvalue weighted by atomic mass is 32.2. The molecule has 5 heteroatoms. The van der Waals surface area contributed by atoms with Crippen molar-refractivity contribution in [3.8, 4) is 0 Å². The van der Waals surface area contributed by atoms with Crippen LogP contribution in [0.15, 0.2) is 53.4 Å². The maximum Gasteiger partial charge on any atom is 0.270 e. The summed E-state index contributed by atoms with van der Waals surface area (Å²) in [6, 6.07) is 13.7. The van der Waals surface area contributed by atoms with E-state index in [1.807, 2.05) is 19.1 Å².